The van der Waals surface area contributed by atoms with Gasteiger partial charge in [-0.05, 0) is 35.3 Å². The van der Waals surface area contributed by atoms with Crippen molar-refractivity contribution >= 4 is 27.4 Å². The van der Waals surface area contributed by atoms with E-state index in [9.17, 15) is 10.1 Å². The van der Waals surface area contributed by atoms with Gasteiger partial charge in [-0.15, -0.1) is 0 Å². The number of halogens is 1. The third-order valence-electron chi connectivity index (χ3n) is 2.97. The third kappa shape index (κ3) is 3.33. The topological polar surface area (TPSA) is 68.1 Å². The molecule has 2 aromatic rings. The van der Waals surface area contributed by atoms with Crippen LogP contribution in [0.4, 0.5) is 11.5 Å². The second-order valence-corrected chi connectivity index (χ2v) is 5.41. The minimum Gasteiger partial charge on any atom is -0.363 e. The molecule has 0 fully saturated rings. The van der Waals surface area contributed by atoms with E-state index in [0.29, 0.717) is 10.3 Å². The van der Waals surface area contributed by atoms with E-state index in [1.54, 1.807) is 0 Å². The number of hydrogen-bond acceptors (Lipinski definition) is 4. The summed E-state index contributed by atoms with van der Waals surface area (Å²) in [6.07, 6.45) is 1.24. The van der Waals surface area contributed by atoms with E-state index in [2.05, 4.69) is 26.2 Å². The van der Waals surface area contributed by atoms with Crippen LogP contribution in [0.5, 0.6) is 0 Å². The molecule has 20 heavy (non-hydrogen) atoms. The number of aromatic nitrogens is 1. The molecule has 1 aromatic heterocycles. The van der Waals surface area contributed by atoms with Crippen LogP contribution in [0.1, 0.15) is 24.1 Å². The van der Waals surface area contributed by atoms with Gasteiger partial charge in [-0.3, -0.25) is 10.1 Å². The highest BCUT2D eigenvalue weighted by atomic mass is 79.9. The number of nitro groups is 1. The van der Waals surface area contributed by atoms with Gasteiger partial charge in [0.1, 0.15) is 12.0 Å². The predicted molar refractivity (Wildman–Crippen MR) is 81.8 cm³/mol. The molecule has 0 saturated heterocycles. The molecule has 1 N–H and O–H groups in total. The molecule has 1 unspecified atom stereocenters. The maximum absolute atomic E-state index is 10.7. The largest absolute Gasteiger partial charge is 0.363 e. The number of benzene rings is 1. The summed E-state index contributed by atoms with van der Waals surface area (Å²) in [5.41, 5.74) is 2.30. The maximum atomic E-state index is 10.7. The zero-order valence-corrected chi connectivity index (χ0v) is 12.7. The first-order valence-corrected chi connectivity index (χ1v) is 6.89. The highest BCUT2D eigenvalue weighted by Gasteiger charge is 2.13. The Balaban J connectivity index is 2.17. The van der Waals surface area contributed by atoms with Gasteiger partial charge in [0.2, 0.25) is 0 Å². The lowest BCUT2D eigenvalue weighted by Crippen LogP contribution is -2.08. The van der Waals surface area contributed by atoms with Gasteiger partial charge in [0.15, 0.2) is 0 Å². The van der Waals surface area contributed by atoms with Crippen LogP contribution in [-0.2, 0) is 0 Å². The normalized spacial score (nSPS) is 11.9. The van der Waals surface area contributed by atoms with Gasteiger partial charge in [0.05, 0.1) is 9.40 Å². The summed E-state index contributed by atoms with van der Waals surface area (Å²) in [5.74, 6) is 0.587. The fourth-order valence-electron chi connectivity index (χ4n) is 1.78. The molecule has 1 atom stereocenters. The zero-order chi connectivity index (χ0) is 14.7. The van der Waals surface area contributed by atoms with Crippen LogP contribution in [-0.4, -0.2) is 9.91 Å². The van der Waals surface area contributed by atoms with Crippen molar-refractivity contribution in [3.8, 4) is 0 Å². The van der Waals surface area contributed by atoms with E-state index >= 15 is 0 Å². The Labute approximate surface area is 125 Å². The van der Waals surface area contributed by atoms with Crippen molar-refractivity contribution in [2.75, 3.05) is 5.32 Å². The Morgan fingerprint density at radius 2 is 2.00 bits per heavy atom. The van der Waals surface area contributed by atoms with Crippen LogP contribution >= 0.6 is 15.9 Å². The molecule has 1 heterocycles. The average Bonchev–Trinajstić information content (AvgIpc) is 2.41. The van der Waals surface area contributed by atoms with Crippen LogP contribution in [0, 0.1) is 17.0 Å². The van der Waals surface area contributed by atoms with Crippen LogP contribution in [0.25, 0.3) is 0 Å². The quantitative estimate of drug-likeness (QED) is 0.670. The van der Waals surface area contributed by atoms with Crippen molar-refractivity contribution < 1.29 is 4.92 Å². The Morgan fingerprint density at radius 3 is 2.55 bits per heavy atom. The summed E-state index contributed by atoms with van der Waals surface area (Å²) >= 11 is 3.30. The molecule has 0 amide bonds. The standard InChI is InChI=1S/C14H14BrN3O2/c1-9-3-5-11(6-4-9)10(2)17-14-13(15)7-12(8-16-14)18(19)20/h3-8,10H,1-2H3,(H,16,17). The number of anilines is 1. The molecule has 0 aliphatic carbocycles. The van der Waals surface area contributed by atoms with E-state index in [-0.39, 0.29) is 11.7 Å². The van der Waals surface area contributed by atoms with Crippen LogP contribution in [0.3, 0.4) is 0 Å². The maximum Gasteiger partial charge on any atom is 0.288 e. The number of nitrogens with zero attached hydrogens (tertiary/aromatic N) is 2. The fourth-order valence-corrected chi connectivity index (χ4v) is 2.23. The van der Waals surface area contributed by atoms with Gasteiger partial charge in [-0.2, -0.15) is 0 Å². The lowest BCUT2D eigenvalue weighted by Gasteiger charge is -2.16. The molecule has 6 heteroatoms. The first-order valence-electron chi connectivity index (χ1n) is 6.10. The molecule has 5 nitrogen and oxygen atoms in total. The first kappa shape index (κ1) is 14.5. The van der Waals surface area contributed by atoms with E-state index < -0.39 is 4.92 Å². The minimum absolute atomic E-state index is 0.0367. The Kier molecular flexibility index (Phi) is 4.34. The molecule has 0 aliphatic heterocycles. The highest BCUT2D eigenvalue weighted by molar-refractivity contribution is 9.10. The molecular weight excluding hydrogens is 322 g/mol. The molecule has 0 bridgehead atoms. The van der Waals surface area contributed by atoms with Gasteiger partial charge in [0, 0.05) is 12.1 Å². The summed E-state index contributed by atoms with van der Waals surface area (Å²) in [6, 6.07) is 9.69. The monoisotopic (exact) mass is 335 g/mol. The highest BCUT2D eigenvalue weighted by Crippen LogP contribution is 2.27. The first-order chi connectivity index (χ1) is 9.47. The van der Waals surface area contributed by atoms with Gasteiger partial charge >= 0.3 is 0 Å². The number of aryl methyl sites for hydroxylation is 1. The van der Waals surface area contributed by atoms with Crippen molar-refractivity contribution in [1.29, 1.82) is 0 Å². The lowest BCUT2D eigenvalue weighted by molar-refractivity contribution is -0.385. The molecule has 0 saturated carbocycles. The zero-order valence-electron chi connectivity index (χ0n) is 11.1. The van der Waals surface area contributed by atoms with Gasteiger partial charge in [-0.25, -0.2) is 4.98 Å². The molecule has 1 aromatic carbocycles. The summed E-state index contributed by atoms with van der Waals surface area (Å²) in [5, 5.41) is 13.9. The van der Waals surface area contributed by atoms with Gasteiger partial charge < -0.3 is 5.32 Å². The Hall–Kier alpha value is -1.95. The van der Waals surface area contributed by atoms with Crippen LogP contribution in [0.15, 0.2) is 41.0 Å². The molecule has 2 rings (SSSR count). The number of pyridine rings is 1. The lowest BCUT2D eigenvalue weighted by atomic mass is 10.1. The predicted octanol–water partition coefficient (Wildman–Crippen LogP) is 4.23. The van der Waals surface area contributed by atoms with Crippen molar-refractivity contribution in [2.24, 2.45) is 0 Å². The average molecular weight is 336 g/mol. The van der Waals surface area contributed by atoms with Crippen molar-refractivity contribution in [3.05, 3.63) is 62.2 Å². The Morgan fingerprint density at radius 1 is 1.35 bits per heavy atom. The second-order valence-electron chi connectivity index (χ2n) is 4.56. The number of nitrogens with one attached hydrogen (secondary N) is 1. The molecular formula is C14H14BrN3O2. The summed E-state index contributed by atoms with van der Waals surface area (Å²) in [6.45, 7) is 4.05. The van der Waals surface area contributed by atoms with Gasteiger partial charge in [0.25, 0.3) is 5.69 Å². The van der Waals surface area contributed by atoms with Crippen LogP contribution in [0.2, 0.25) is 0 Å². The van der Waals surface area contributed by atoms with Crippen LogP contribution < -0.4 is 5.32 Å². The number of rotatable bonds is 4. The minimum atomic E-state index is -0.467. The second kappa shape index (κ2) is 6.00. The van der Waals surface area contributed by atoms with E-state index in [0.717, 1.165) is 5.56 Å². The Bertz CT molecular complexity index is 629. The molecule has 0 radical (unpaired) electrons. The van der Waals surface area contributed by atoms with E-state index in [4.69, 9.17) is 0 Å². The van der Waals surface area contributed by atoms with Gasteiger partial charge in [-0.1, -0.05) is 29.8 Å². The van der Waals surface area contributed by atoms with Crippen molar-refractivity contribution in [3.63, 3.8) is 0 Å². The summed E-state index contributed by atoms with van der Waals surface area (Å²) in [4.78, 5) is 14.3. The summed E-state index contributed by atoms with van der Waals surface area (Å²) < 4.78 is 0.575. The third-order valence-corrected chi connectivity index (χ3v) is 3.57. The smallest absolute Gasteiger partial charge is 0.288 e. The molecule has 0 spiro atoms. The van der Waals surface area contributed by atoms with E-state index in [1.807, 2.05) is 38.1 Å². The number of hydrogen-bond donors (Lipinski definition) is 1. The molecule has 0 aliphatic rings. The molecule has 104 valence electrons. The summed E-state index contributed by atoms with van der Waals surface area (Å²) in [7, 11) is 0. The fraction of sp³-hybridized carbons (Fsp3) is 0.214. The van der Waals surface area contributed by atoms with Crippen molar-refractivity contribution in [1.82, 2.24) is 4.98 Å². The van der Waals surface area contributed by atoms with E-state index in [1.165, 1.54) is 17.8 Å². The SMILES string of the molecule is Cc1ccc(C(C)Nc2ncc([N+](=O)[O-])cc2Br)cc1. The van der Waals surface area contributed by atoms with Crippen molar-refractivity contribution in [2.45, 2.75) is 19.9 Å².